The van der Waals surface area contributed by atoms with Crippen LogP contribution < -0.4 is 10.2 Å². The zero-order chi connectivity index (χ0) is 22.5. The monoisotopic (exact) mass is 440 g/mol. The van der Waals surface area contributed by atoms with Crippen LogP contribution in [0.3, 0.4) is 0 Å². The number of nitrogens with zero attached hydrogens (tertiary/aromatic N) is 3. The summed E-state index contributed by atoms with van der Waals surface area (Å²) in [5.41, 5.74) is 1.42. The van der Waals surface area contributed by atoms with Gasteiger partial charge in [-0.1, -0.05) is 12.1 Å². The maximum absolute atomic E-state index is 13.3. The molecule has 1 saturated heterocycles. The van der Waals surface area contributed by atoms with Crippen LogP contribution in [-0.2, 0) is 6.54 Å². The summed E-state index contributed by atoms with van der Waals surface area (Å²) >= 11 is 0. The van der Waals surface area contributed by atoms with Gasteiger partial charge in [0.25, 0.3) is 5.91 Å². The van der Waals surface area contributed by atoms with E-state index >= 15 is 0 Å². The number of nitrogens with one attached hydrogen (secondary N) is 1. The molecule has 166 valence electrons. The van der Waals surface area contributed by atoms with E-state index in [1.807, 2.05) is 18.2 Å². The lowest BCUT2D eigenvalue weighted by atomic mass is 10.2. The van der Waals surface area contributed by atoms with Crippen LogP contribution >= 0.6 is 0 Å². The fraction of sp³-hybridized carbons (Fsp3) is 0.250. The molecule has 0 atom stereocenters. The van der Waals surface area contributed by atoms with E-state index in [4.69, 9.17) is 0 Å². The van der Waals surface area contributed by atoms with Crippen LogP contribution in [0.2, 0.25) is 0 Å². The lowest BCUT2D eigenvalue weighted by molar-refractivity contribution is 0.102. The summed E-state index contributed by atoms with van der Waals surface area (Å²) in [5, 5.41) is 2.61. The molecule has 1 fully saturated rings. The molecule has 2 aromatic carbocycles. The normalized spacial score (nSPS) is 14.8. The van der Waals surface area contributed by atoms with Crippen molar-refractivity contribution in [2.45, 2.75) is 13.0 Å². The topological polar surface area (TPSA) is 48.5 Å². The molecule has 0 spiro atoms. The first-order valence-corrected chi connectivity index (χ1v) is 10.4. The molecule has 1 aliphatic rings. The number of rotatable bonds is 5. The van der Waals surface area contributed by atoms with Gasteiger partial charge < -0.3 is 10.2 Å². The molecule has 1 aliphatic heterocycles. The van der Waals surface area contributed by atoms with Gasteiger partial charge in [-0.2, -0.15) is 0 Å². The van der Waals surface area contributed by atoms with Gasteiger partial charge in [-0.05, 0) is 48.4 Å². The van der Waals surface area contributed by atoms with Gasteiger partial charge in [0.05, 0.1) is 11.9 Å². The summed E-state index contributed by atoms with van der Waals surface area (Å²) in [6.07, 6.45) is 2.50. The molecule has 0 bridgehead atoms. The van der Waals surface area contributed by atoms with Crippen molar-refractivity contribution >= 4 is 17.4 Å². The summed E-state index contributed by atoms with van der Waals surface area (Å²) in [7, 11) is 0. The second-order valence-corrected chi connectivity index (χ2v) is 7.76. The van der Waals surface area contributed by atoms with Gasteiger partial charge in [-0.25, -0.2) is 18.2 Å². The fourth-order valence-electron chi connectivity index (χ4n) is 3.74. The van der Waals surface area contributed by atoms with Crippen molar-refractivity contribution in [1.82, 2.24) is 9.88 Å². The smallest absolute Gasteiger partial charge is 0.255 e. The third-order valence-corrected chi connectivity index (χ3v) is 5.36. The lowest BCUT2D eigenvalue weighted by Crippen LogP contribution is -2.31. The SMILES string of the molecule is O=C(Nc1ccc(N2CCCN(Cc3ccc(F)cc3)CC2)nc1)c1cc(F)cc(F)c1. The van der Waals surface area contributed by atoms with Crippen LogP contribution in [0.15, 0.2) is 60.8 Å². The molecule has 8 heteroatoms. The van der Waals surface area contributed by atoms with Crippen LogP contribution in [0.4, 0.5) is 24.7 Å². The van der Waals surface area contributed by atoms with Crippen molar-refractivity contribution in [3.05, 3.63) is 89.4 Å². The maximum Gasteiger partial charge on any atom is 0.255 e. The highest BCUT2D eigenvalue weighted by Gasteiger charge is 2.17. The highest BCUT2D eigenvalue weighted by atomic mass is 19.1. The Kier molecular flexibility index (Phi) is 6.70. The van der Waals surface area contributed by atoms with Crippen molar-refractivity contribution in [3.63, 3.8) is 0 Å². The van der Waals surface area contributed by atoms with E-state index in [9.17, 15) is 18.0 Å². The molecule has 1 aromatic heterocycles. The molecule has 0 aliphatic carbocycles. The van der Waals surface area contributed by atoms with Crippen LogP contribution in [0.25, 0.3) is 0 Å². The molecule has 2 heterocycles. The van der Waals surface area contributed by atoms with Crippen molar-refractivity contribution in [2.75, 3.05) is 36.4 Å². The molecule has 3 aromatic rings. The number of halogens is 3. The Morgan fingerprint density at radius 2 is 1.62 bits per heavy atom. The second-order valence-electron chi connectivity index (χ2n) is 7.76. The van der Waals surface area contributed by atoms with E-state index < -0.39 is 17.5 Å². The summed E-state index contributed by atoms with van der Waals surface area (Å²) in [5.74, 6) is -1.66. The zero-order valence-corrected chi connectivity index (χ0v) is 17.4. The number of hydrogen-bond acceptors (Lipinski definition) is 4. The first-order chi connectivity index (χ1) is 15.5. The van der Waals surface area contributed by atoms with E-state index in [-0.39, 0.29) is 11.4 Å². The molecular weight excluding hydrogens is 417 g/mol. The molecule has 5 nitrogen and oxygen atoms in total. The Labute approximate surface area is 184 Å². The summed E-state index contributed by atoms with van der Waals surface area (Å²) < 4.78 is 39.8. The predicted octanol–water partition coefficient (Wildman–Crippen LogP) is 4.46. The van der Waals surface area contributed by atoms with E-state index in [1.54, 1.807) is 6.07 Å². The molecule has 0 saturated carbocycles. The Balaban J connectivity index is 1.34. The Morgan fingerprint density at radius 1 is 0.875 bits per heavy atom. The third-order valence-electron chi connectivity index (χ3n) is 5.36. The highest BCUT2D eigenvalue weighted by Crippen LogP contribution is 2.18. The van der Waals surface area contributed by atoms with Crippen LogP contribution in [0.5, 0.6) is 0 Å². The zero-order valence-electron chi connectivity index (χ0n) is 17.4. The predicted molar refractivity (Wildman–Crippen MR) is 117 cm³/mol. The average Bonchev–Trinajstić information content (AvgIpc) is 3.01. The molecule has 1 amide bonds. The van der Waals surface area contributed by atoms with Crippen molar-refractivity contribution in [2.24, 2.45) is 0 Å². The Morgan fingerprint density at radius 3 is 2.31 bits per heavy atom. The first-order valence-electron chi connectivity index (χ1n) is 10.4. The van der Waals surface area contributed by atoms with Gasteiger partial charge >= 0.3 is 0 Å². The average molecular weight is 440 g/mol. The van der Waals surface area contributed by atoms with Gasteiger partial charge in [0, 0.05) is 44.4 Å². The van der Waals surface area contributed by atoms with Gasteiger partial charge in [0.1, 0.15) is 23.3 Å². The number of aromatic nitrogens is 1. The first kappa shape index (κ1) is 21.8. The van der Waals surface area contributed by atoms with Gasteiger partial charge in [-0.3, -0.25) is 9.69 Å². The standard InChI is InChI=1S/C24H23F3N4O/c25-19-4-2-17(3-5-19)16-30-8-1-9-31(11-10-30)23-7-6-22(15-28-23)29-24(32)18-12-20(26)14-21(27)13-18/h2-7,12-15H,1,8-11,16H2,(H,29,32). The summed E-state index contributed by atoms with van der Waals surface area (Å²) in [6, 6.07) is 12.8. The molecule has 0 unspecified atom stereocenters. The van der Waals surface area contributed by atoms with Gasteiger partial charge in [-0.15, -0.1) is 0 Å². The number of hydrogen-bond donors (Lipinski definition) is 1. The second kappa shape index (κ2) is 9.82. The number of amides is 1. The van der Waals surface area contributed by atoms with Crippen LogP contribution in [0, 0.1) is 17.5 Å². The van der Waals surface area contributed by atoms with Crippen LogP contribution in [-0.4, -0.2) is 42.0 Å². The van der Waals surface area contributed by atoms with Gasteiger partial charge in [0.15, 0.2) is 0 Å². The maximum atomic E-state index is 13.3. The summed E-state index contributed by atoms with van der Waals surface area (Å²) in [4.78, 5) is 21.2. The summed E-state index contributed by atoms with van der Waals surface area (Å²) in [6.45, 7) is 4.20. The molecule has 0 radical (unpaired) electrons. The quantitative estimate of drug-likeness (QED) is 0.636. The van der Waals surface area contributed by atoms with Crippen molar-refractivity contribution < 1.29 is 18.0 Å². The minimum absolute atomic E-state index is 0.0969. The van der Waals surface area contributed by atoms with Crippen molar-refractivity contribution in [3.8, 4) is 0 Å². The molecular formula is C24H23F3N4O. The minimum atomic E-state index is -0.807. The Hall–Kier alpha value is -3.39. The van der Waals surface area contributed by atoms with Crippen LogP contribution in [0.1, 0.15) is 22.3 Å². The highest BCUT2D eigenvalue weighted by molar-refractivity contribution is 6.04. The molecule has 4 rings (SSSR count). The van der Waals surface area contributed by atoms with E-state index in [0.717, 1.165) is 68.7 Å². The molecule has 1 N–H and O–H groups in total. The number of carbonyl (C=O) groups is 1. The Bertz CT molecular complexity index is 1050. The fourth-order valence-corrected chi connectivity index (χ4v) is 3.74. The van der Waals surface area contributed by atoms with E-state index in [0.29, 0.717) is 5.69 Å². The largest absolute Gasteiger partial charge is 0.355 e. The van der Waals surface area contributed by atoms with E-state index in [1.165, 1.54) is 18.3 Å². The lowest BCUT2D eigenvalue weighted by Gasteiger charge is -2.23. The number of benzene rings is 2. The minimum Gasteiger partial charge on any atom is -0.355 e. The third kappa shape index (κ3) is 5.64. The van der Waals surface area contributed by atoms with E-state index in [2.05, 4.69) is 20.1 Å². The number of pyridine rings is 1. The van der Waals surface area contributed by atoms with Gasteiger partial charge in [0.2, 0.25) is 0 Å². The van der Waals surface area contributed by atoms with Crippen molar-refractivity contribution in [1.29, 1.82) is 0 Å². The molecule has 32 heavy (non-hydrogen) atoms. The number of anilines is 2. The number of carbonyl (C=O) groups excluding carboxylic acids is 1.